The highest BCUT2D eigenvalue weighted by Crippen LogP contribution is 2.22. The first kappa shape index (κ1) is 18.1. The van der Waals surface area contributed by atoms with Crippen molar-refractivity contribution in [3.63, 3.8) is 0 Å². The second-order valence-electron chi connectivity index (χ2n) is 4.20. The summed E-state index contributed by atoms with van der Waals surface area (Å²) in [5.41, 5.74) is 0.454. The summed E-state index contributed by atoms with van der Waals surface area (Å²) >= 11 is 11.7. The number of guanidine groups is 1. The van der Waals surface area contributed by atoms with E-state index in [1.807, 2.05) is 6.92 Å². The zero-order valence-corrected chi connectivity index (χ0v) is 13.8. The summed E-state index contributed by atoms with van der Waals surface area (Å²) in [5, 5.41) is 9.53. The molecule has 0 aromatic heterocycles. The predicted octanol–water partition coefficient (Wildman–Crippen LogP) is 1.91. The molecule has 0 heterocycles. The molecule has 0 radical (unpaired) electrons. The lowest BCUT2D eigenvalue weighted by Gasteiger charge is -2.09. The van der Waals surface area contributed by atoms with Crippen molar-refractivity contribution in [1.82, 2.24) is 16.0 Å². The first-order valence-corrected chi connectivity index (χ1v) is 7.53. The highest BCUT2D eigenvalue weighted by Gasteiger charge is 2.07. The summed E-state index contributed by atoms with van der Waals surface area (Å²) in [4.78, 5) is 16.2. The third-order valence-corrected chi connectivity index (χ3v) is 3.29. The van der Waals surface area contributed by atoms with E-state index >= 15 is 0 Å². The van der Waals surface area contributed by atoms with Gasteiger partial charge >= 0.3 is 0 Å². The standard InChI is InChI=1S/C15H18Cl2N4O/c1-3-7-20-15(18-4-2)21-9-8-19-14(22)11-5-6-12(16)13(17)10-11/h1,5-6,10H,4,7-9H2,2H3,(H,19,22)(H2,18,20,21). The van der Waals surface area contributed by atoms with Gasteiger partial charge in [0.15, 0.2) is 5.96 Å². The van der Waals surface area contributed by atoms with Gasteiger partial charge in [-0.2, -0.15) is 0 Å². The summed E-state index contributed by atoms with van der Waals surface area (Å²) in [5.74, 6) is 2.86. The lowest BCUT2D eigenvalue weighted by molar-refractivity contribution is 0.0955. The maximum atomic E-state index is 11.9. The number of hydrogen-bond acceptors (Lipinski definition) is 2. The Hall–Kier alpha value is -1.90. The van der Waals surface area contributed by atoms with Crippen LogP contribution in [0.3, 0.4) is 0 Å². The van der Waals surface area contributed by atoms with Gasteiger partial charge in [-0.15, -0.1) is 6.42 Å². The molecule has 0 aliphatic heterocycles. The average molecular weight is 341 g/mol. The maximum Gasteiger partial charge on any atom is 0.251 e. The molecular formula is C15H18Cl2N4O. The Morgan fingerprint density at radius 2 is 2.05 bits per heavy atom. The van der Waals surface area contributed by atoms with Crippen LogP contribution >= 0.6 is 23.2 Å². The van der Waals surface area contributed by atoms with E-state index in [9.17, 15) is 4.79 Å². The number of nitrogens with zero attached hydrogens (tertiary/aromatic N) is 1. The Balaban J connectivity index is 2.46. The molecule has 7 heteroatoms. The van der Waals surface area contributed by atoms with Crippen molar-refractivity contribution >= 4 is 35.1 Å². The molecule has 1 amide bonds. The molecule has 0 unspecified atom stereocenters. The van der Waals surface area contributed by atoms with Crippen LogP contribution in [0.5, 0.6) is 0 Å². The summed E-state index contributed by atoms with van der Waals surface area (Å²) in [6.45, 7) is 3.89. The van der Waals surface area contributed by atoms with Gasteiger partial charge in [0.25, 0.3) is 5.91 Å². The van der Waals surface area contributed by atoms with Gasteiger partial charge in [0.2, 0.25) is 0 Å². The molecular weight excluding hydrogens is 323 g/mol. The number of terminal acetylenes is 1. The monoisotopic (exact) mass is 340 g/mol. The number of nitrogens with one attached hydrogen (secondary N) is 3. The number of benzene rings is 1. The highest BCUT2D eigenvalue weighted by atomic mass is 35.5. The SMILES string of the molecule is C#CCNC(=NCCNC(=O)c1ccc(Cl)c(Cl)c1)NCC. The molecule has 0 aliphatic rings. The minimum atomic E-state index is -0.227. The number of aliphatic imine (C=N–C) groups is 1. The van der Waals surface area contributed by atoms with E-state index in [-0.39, 0.29) is 5.91 Å². The van der Waals surface area contributed by atoms with Gasteiger partial charge in [-0.1, -0.05) is 29.1 Å². The molecule has 5 nitrogen and oxygen atoms in total. The normalized spacial score (nSPS) is 10.7. The fourth-order valence-corrected chi connectivity index (χ4v) is 1.85. The molecule has 22 heavy (non-hydrogen) atoms. The van der Waals surface area contributed by atoms with E-state index in [0.717, 1.165) is 6.54 Å². The Bertz CT molecular complexity index is 581. The fourth-order valence-electron chi connectivity index (χ4n) is 1.55. The molecule has 1 rings (SSSR count). The lowest BCUT2D eigenvalue weighted by Crippen LogP contribution is -2.38. The van der Waals surface area contributed by atoms with Crippen LogP contribution in [0.4, 0.5) is 0 Å². The third-order valence-electron chi connectivity index (χ3n) is 2.55. The van der Waals surface area contributed by atoms with Crippen LogP contribution < -0.4 is 16.0 Å². The van der Waals surface area contributed by atoms with Crippen molar-refractivity contribution in [2.24, 2.45) is 4.99 Å². The van der Waals surface area contributed by atoms with Gasteiger partial charge < -0.3 is 16.0 Å². The van der Waals surface area contributed by atoms with Gasteiger partial charge in [-0.05, 0) is 25.1 Å². The Morgan fingerprint density at radius 3 is 2.68 bits per heavy atom. The van der Waals surface area contributed by atoms with Crippen LogP contribution in [0.15, 0.2) is 23.2 Å². The second-order valence-corrected chi connectivity index (χ2v) is 5.02. The van der Waals surface area contributed by atoms with Crippen LogP contribution in [-0.4, -0.2) is 38.0 Å². The maximum absolute atomic E-state index is 11.9. The number of carbonyl (C=O) groups is 1. The topological polar surface area (TPSA) is 65.5 Å². The molecule has 0 aliphatic carbocycles. The second kappa shape index (κ2) is 9.93. The van der Waals surface area contributed by atoms with Crippen molar-refractivity contribution < 1.29 is 4.79 Å². The van der Waals surface area contributed by atoms with Crippen LogP contribution in [0, 0.1) is 12.3 Å². The third kappa shape index (κ3) is 6.25. The first-order chi connectivity index (χ1) is 10.6. The number of hydrogen-bond donors (Lipinski definition) is 3. The molecule has 1 aromatic rings. The molecule has 118 valence electrons. The van der Waals surface area contributed by atoms with Gasteiger partial charge in [-0.25, -0.2) is 0 Å². The summed E-state index contributed by atoms with van der Waals surface area (Å²) in [6.07, 6.45) is 5.18. The zero-order valence-electron chi connectivity index (χ0n) is 12.2. The molecule has 0 fully saturated rings. The van der Waals surface area contributed by atoms with Crippen molar-refractivity contribution in [2.75, 3.05) is 26.2 Å². The van der Waals surface area contributed by atoms with Gasteiger partial charge in [0, 0.05) is 18.7 Å². The van der Waals surface area contributed by atoms with E-state index in [1.165, 1.54) is 6.07 Å². The van der Waals surface area contributed by atoms with E-state index in [0.29, 0.717) is 41.2 Å². The quantitative estimate of drug-likeness (QED) is 0.321. The highest BCUT2D eigenvalue weighted by molar-refractivity contribution is 6.42. The number of amides is 1. The van der Waals surface area contributed by atoms with E-state index in [4.69, 9.17) is 29.6 Å². The number of rotatable bonds is 6. The van der Waals surface area contributed by atoms with Crippen LogP contribution in [0.2, 0.25) is 10.0 Å². The van der Waals surface area contributed by atoms with E-state index in [1.54, 1.807) is 12.1 Å². The smallest absolute Gasteiger partial charge is 0.251 e. The Labute approximate surface area is 140 Å². The van der Waals surface area contributed by atoms with Gasteiger partial charge in [0.05, 0.1) is 23.1 Å². The van der Waals surface area contributed by atoms with Crippen molar-refractivity contribution in [3.05, 3.63) is 33.8 Å². The van der Waals surface area contributed by atoms with Crippen molar-refractivity contribution in [3.8, 4) is 12.3 Å². The van der Waals surface area contributed by atoms with E-state index in [2.05, 4.69) is 26.9 Å². The summed E-state index contributed by atoms with van der Waals surface area (Å²) < 4.78 is 0. The number of halogens is 2. The molecule has 0 atom stereocenters. The van der Waals surface area contributed by atoms with Crippen LogP contribution in [0.1, 0.15) is 17.3 Å². The first-order valence-electron chi connectivity index (χ1n) is 6.77. The lowest BCUT2D eigenvalue weighted by atomic mass is 10.2. The number of carbonyl (C=O) groups excluding carboxylic acids is 1. The largest absolute Gasteiger partial charge is 0.357 e. The minimum Gasteiger partial charge on any atom is -0.357 e. The van der Waals surface area contributed by atoms with Crippen molar-refractivity contribution in [2.45, 2.75) is 6.92 Å². The molecule has 3 N–H and O–H groups in total. The molecule has 0 bridgehead atoms. The molecule has 1 aromatic carbocycles. The zero-order chi connectivity index (χ0) is 16.4. The van der Waals surface area contributed by atoms with Gasteiger partial charge in [0.1, 0.15) is 0 Å². The van der Waals surface area contributed by atoms with Crippen LogP contribution in [0.25, 0.3) is 0 Å². The van der Waals surface area contributed by atoms with E-state index < -0.39 is 0 Å². The van der Waals surface area contributed by atoms with Crippen LogP contribution in [-0.2, 0) is 0 Å². The molecule has 0 spiro atoms. The van der Waals surface area contributed by atoms with Gasteiger partial charge in [-0.3, -0.25) is 9.79 Å². The predicted molar refractivity (Wildman–Crippen MR) is 91.6 cm³/mol. The average Bonchev–Trinajstić information content (AvgIpc) is 2.51. The Morgan fingerprint density at radius 1 is 1.27 bits per heavy atom. The summed E-state index contributed by atoms with van der Waals surface area (Å²) in [6, 6.07) is 4.73. The fraction of sp³-hybridized carbons (Fsp3) is 0.333. The molecule has 0 saturated carbocycles. The summed E-state index contributed by atoms with van der Waals surface area (Å²) in [7, 11) is 0. The minimum absolute atomic E-state index is 0.227. The van der Waals surface area contributed by atoms with Crippen molar-refractivity contribution in [1.29, 1.82) is 0 Å². The molecule has 0 saturated heterocycles. The Kier molecular flexibility index (Phi) is 8.19.